The normalized spacial score (nSPS) is 11.6. The maximum atomic E-state index is 12.2. The lowest BCUT2D eigenvalue weighted by Gasteiger charge is -2.13. The quantitative estimate of drug-likeness (QED) is 0.487. The number of fused-ring (bicyclic) bond motifs is 1. The van der Waals surface area contributed by atoms with Gasteiger partial charge in [-0.15, -0.1) is 0 Å². The summed E-state index contributed by atoms with van der Waals surface area (Å²) in [5, 5.41) is 7.24. The van der Waals surface area contributed by atoms with Gasteiger partial charge in [-0.25, -0.2) is 4.79 Å². The number of esters is 1. The fraction of sp³-hybridized carbons (Fsp3) is 0.111. The van der Waals surface area contributed by atoms with E-state index in [-0.39, 0.29) is 5.69 Å². The van der Waals surface area contributed by atoms with E-state index in [1.54, 1.807) is 54.6 Å². The van der Waals surface area contributed by atoms with Gasteiger partial charge >= 0.3 is 5.97 Å². The summed E-state index contributed by atoms with van der Waals surface area (Å²) in [5.74, 6) is -1.88. The molecule has 0 spiro atoms. The predicted molar refractivity (Wildman–Crippen MR) is 93.0 cm³/mol. The van der Waals surface area contributed by atoms with Crippen molar-refractivity contribution in [1.82, 2.24) is 21.0 Å². The summed E-state index contributed by atoms with van der Waals surface area (Å²) in [4.78, 5) is 36.1. The summed E-state index contributed by atoms with van der Waals surface area (Å²) in [6.07, 6.45) is -1.12. The second-order valence-corrected chi connectivity index (χ2v) is 5.47. The van der Waals surface area contributed by atoms with Crippen LogP contribution in [0.1, 0.15) is 27.8 Å². The van der Waals surface area contributed by atoms with E-state index < -0.39 is 23.9 Å². The molecule has 3 aromatic rings. The van der Waals surface area contributed by atoms with Crippen LogP contribution in [0.3, 0.4) is 0 Å². The lowest BCUT2D eigenvalue weighted by molar-refractivity contribution is -0.129. The number of carbonyl (C=O) groups excluding carboxylic acids is 3. The summed E-state index contributed by atoms with van der Waals surface area (Å²) in [5.41, 5.74) is 5.66. The van der Waals surface area contributed by atoms with Crippen LogP contribution in [0.25, 0.3) is 10.9 Å². The largest absolute Gasteiger partial charge is 0.448 e. The highest BCUT2D eigenvalue weighted by Gasteiger charge is 2.22. The molecule has 0 aliphatic rings. The minimum absolute atomic E-state index is 0.0913. The van der Waals surface area contributed by atoms with E-state index in [0.717, 1.165) is 0 Å². The summed E-state index contributed by atoms with van der Waals surface area (Å²) in [7, 11) is 0. The van der Waals surface area contributed by atoms with Crippen LogP contribution in [-0.4, -0.2) is 34.1 Å². The van der Waals surface area contributed by atoms with Crippen LogP contribution < -0.4 is 10.9 Å². The van der Waals surface area contributed by atoms with E-state index in [4.69, 9.17) is 4.74 Å². The number of rotatable bonds is 4. The highest BCUT2D eigenvalue weighted by molar-refractivity contribution is 6.02. The van der Waals surface area contributed by atoms with Gasteiger partial charge in [0, 0.05) is 10.9 Å². The van der Waals surface area contributed by atoms with E-state index in [1.807, 2.05) is 0 Å². The molecule has 1 heterocycles. The highest BCUT2D eigenvalue weighted by atomic mass is 16.5. The zero-order chi connectivity index (χ0) is 18.5. The Morgan fingerprint density at radius 2 is 1.69 bits per heavy atom. The molecule has 2 amide bonds. The van der Waals surface area contributed by atoms with Crippen molar-refractivity contribution < 1.29 is 19.1 Å². The van der Waals surface area contributed by atoms with Crippen LogP contribution in [0.2, 0.25) is 0 Å². The average Bonchev–Trinajstić information content (AvgIpc) is 3.10. The Hall–Kier alpha value is -3.68. The van der Waals surface area contributed by atoms with Crippen molar-refractivity contribution in [3.05, 3.63) is 65.9 Å². The zero-order valence-corrected chi connectivity index (χ0v) is 13.9. The Bertz CT molecular complexity index is 952. The molecule has 0 aliphatic carbocycles. The molecular weight excluding hydrogens is 336 g/mol. The number of aromatic amines is 1. The van der Waals surface area contributed by atoms with Gasteiger partial charge in [-0.1, -0.05) is 36.4 Å². The van der Waals surface area contributed by atoms with E-state index >= 15 is 0 Å². The lowest BCUT2D eigenvalue weighted by Crippen LogP contribution is -2.46. The van der Waals surface area contributed by atoms with Gasteiger partial charge in [0.05, 0.1) is 5.52 Å². The summed E-state index contributed by atoms with van der Waals surface area (Å²) in [6, 6.07) is 15.5. The van der Waals surface area contributed by atoms with Gasteiger partial charge in [-0.05, 0) is 25.1 Å². The highest BCUT2D eigenvalue weighted by Crippen LogP contribution is 2.16. The monoisotopic (exact) mass is 352 g/mol. The first kappa shape index (κ1) is 17.2. The van der Waals surface area contributed by atoms with Gasteiger partial charge in [-0.3, -0.25) is 25.5 Å². The van der Waals surface area contributed by atoms with E-state index in [9.17, 15) is 14.4 Å². The lowest BCUT2D eigenvalue weighted by atomic mass is 10.2. The summed E-state index contributed by atoms with van der Waals surface area (Å²) >= 11 is 0. The number of hydrogen-bond donors (Lipinski definition) is 3. The third-order valence-corrected chi connectivity index (χ3v) is 3.65. The fourth-order valence-electron chi connectivity index (χ4n) is 2.27. The predicted octanol–water partition coefficient (Wildman–Crippen LogP) is 1.57. The Balaban J connectivity index is 1.57. The van der Waals surface area contributed by atoms with Gasteiger partial charge < -0.3 is 4.74 Å². The number of amides is 2. The minimum Gasteiger partial charge on any atom is -0.448 e. The Kier molecular flexibility index (Phi) is 4.93. The number of aromatic nitrogens is 2. The molecule has 8 nitrogen and oxygen atoms in total. The first-order valence-electron chi connectivity index (χ1n) is 7.85. The van der Waals surface area contributed by atoms with E-state index in [1.165, 1.54) is 6.92 Å². The van der Waals surface area contributed by atoms with Crippen LogP contribution in [0, 0.1) is 0 Å². The number of nitrogens with one attached hydrogen (secondary N) is 3. The molecule has 2 aromatic carbocycles. The number of benzene rings is 2. The molecule has 0 aliphatic heterocycles. The topological polar surface area (TPSA) is 113 Å². The second-order valence-electron chi connectivity index (χ2n) is 5.47. The van der Waals surface area contributed by atoms with Crippen molar-refractivity contribution in [3.63, 3.8) is 0 Å². The number of H-pyrrole nitrogens is 1. The van der Waals surface area contributed by atoms with Gasteiger partial charge in [0.2, 0.25) is 0 Å². The molecule has 26 heavy (non-hydrogen) atoms. The molecule has 0 bridgehead atoms. The third-order valence-electron chi connectivity index (χ3n) is 3.65. The van der Waals surface area contributed by atoms with Crippen molar-refractivity contribution >= 4 is 28.7 Å². The summed E-state index contributed by atoms with van der Waals surface area (Å²) in [6.45, 7) is 1.40. The van der Waals surface area contributed by atoms with Crippen molar-refractivity contribution in [2.24, 2.45) is 0 Å². The van der Waals surface area contributed by atoms with Crippen molar-refractivity contribution in [3.8, 4) is 0 Å². The maximum absolute atomic E-state index is 12.2. The Morgan fingerprint density at radius 1 is 1.00 bits per heavy atom. The van der Waals surface area contributed by atoms with Crippen LogP contribution in [0.15, 0.2) is 54.6 Å². The number of nitrogens with zero attached hydrogens (tertiary/aromatic N) is 1. The molecule has 8 heteroatoms. The first-order chi connectivity index (χ1) is 12.6. The molecule has 0 saturated heterocycles. The number of hydrazine groups is 1. The standard InChI is InChI=1S/C18H16N4O4/c1-11(16(23)21-22-17(24)12-7-3-2-4-8-12)26-18(25)15-13-9-5-6-10-14(13)19-20-15/h2-11H,1H3,(H,19,20)(H,21,23)(H,22,24)/t11-/m0/s1. The molecule has 3 N–H and O–H groups in total. The van der Waals surface area contributed by atoms with Crippen LogP contribution in [0.5, 0.6) is 0 Å². The van der Waals surface area contributed by atoms with Gasteiger partial charge in [0.25, 0.3) is 11.8 Å². The first-order valence-corrected chi connectivity index (χ1v) is 7.85. The molecule has 3 rings (SSSR count). The van der Waals surface area contributed by atoms with Crippen LogP contribution >= 0.6 is 0 Å². The molecule has 132 valence electrons. The zero-order valence-electron chi connectivity index (χ0n) is 13.9. The molecule has 1 atom stereocenters. The molecule has 0 radical (unpaired) electrons. The Labute approximate surface area is 148 Å². The minimum atomic E-state index is -1.12. The smallest absolute Gasteiger partial charge is 0.360 e. The van der Waals surface area contributed by atoms with Crippen molar-refractivity contribution in [2.45, 2.75) is 13.0 Å². The van der Waals surface area contributed by atoms with E-state index in [0.29, 0.717) is 16.5 Å². The molecule has 0 saturated carbocycles. The molecule has 0 unspecified atom stereocenters. The number of hydrogen-bond acceptors (Lipinski definition) is 5. The van der Waals surface area contributed by atoms with Crippen LogP contribution in [0.4, 0.5) is 0 Å². The summed E-state index contributed by atoms with van der Waals surface area (Å²) < 4.78 is 5.12. The van der Waals surface area contributed by atoms with Gasteiger partial charge in [-0.2, -0.15) is 5.10 Å². The molecular formula is C18H16N4O4. The Morgan fingerprint density at radius 3 is 2.46 bits per heavy atom. The number of para-hydroxylation sites is 1. The van der Waals surface area contributed by atoms with Crippen molar-refractivity contribution in [2.75, 3.05) is 0 Å². The number of carbonyl (C=O) groups is 3. The molecule has 0 fully saturated rings. The second kappa shape index (κ2) is 7.47. The molecule has 1 aromatic heterocycles. The number of ether oxygens (including phenoxy) is 1. The SMILES string of the molecule is C[C@H](OC(=O)c1n[nH]c2ccccc12)C(=O)NNC(=O)c1ccccc1. The average molecular weight is 352 g/mol. The van der Waals surface area contributed by atoms with Gasteiger partial charge in [0.15, 0.2) is 11.8 Å². The fourth-order valence-corrected chi connectivity index (χ4v) is 2.27. The van der Waals surface area contributed by atoms with Crippen LogP contribution in [-0.2, 0) is 9.53 Å². The third kappa shape index (κ3) is 3.69. The van der Waals surface area contributed by atoms with E-state index in [2.05, 4.69) is 21.0 Å². The van der Waals surface area contributed by atoms with Gasteiger partial charge in [0.1, 0.15) is 0 Å². The maximum Gasteiger partial charge on any atom is 0.360 e. The van der Waals surface area contributed by atoms with Crippen molar-refractivity contribution in [1.29, 1.82) is 0 Å².